The molecule has 1 aromatic carbocycles. The van der Waals surface area contributed by atoms with Gasteiger partial charge in [0.2, 0.25) is 0 Å². The molecule has 0 bridgehead atoms. The Labute approximate surface area is 183 Å². The number of carbonyl (C=O) groups excluding carboxylic acids is 3. The average molecular weight is 426 g/mol. The molecule has 7 heteroatoms. The Balaban J connectivity index is 1.72. The molecule has 1 saturated heterocycles. The second-order valence-corrected chi connectivity index (χ2v) is 8.52. The zero-order valence-electron chi connectivity index (χ0n) is 18.9. The van der Waals surface area contributed by atoms with Crippen LogP contribution in [-0.2, 0) is 16.0 Å². The molecule has 2 atom stereocenters. The number of carbonyl (C=O) groups is 3. The van der Waals surface area contributed by atoms with Crippen LogP contribution in [0.15, 0.2) is 36.4 Å². The number of hydrogen-bond acceptors (Lipinski definition) is 4. The van der Waals surface area contributed by atoms with E-state index in [1.165, 1.54) is 0 Å². The Bertz CT molecular complexity index is 982. The molecule has 3 rings (SSSR count). The molecule has 1 N–H and O–H groups in total. The number of methoxy groups -OCH3 is 1. The Morgan fingerprint density at radius 1 is 1.19 bits per heavy atom. The molecule has 0 aliphatic carbocycles. The van der Waals surface area contributed by atoms with Gasteiger partial charge in [0, 0.05) is 24.1 Å². The van der Waals surface area contributed by atoms with Crippen molar-refractivity contribution in [2.75, 3.05) is 20.3 Å². The zero-order valence-corrected chi connectivity index (χ0v) is 18.9. The van der Waals surface area contributed by atoms with Crippen LogP contribution in [0, 0.1) is 13.8 Å². The molecule has 166 valence electrons. The second kappa shape index (κ2) is 9.06. The number of ketones is 1. The van der Waals surface area contributed by atoms with E-state index in [9.17, 15) is 14.4 Å². The normalized spacial score (nSPS) is 19.6. The third kappa shape index (κ3) is 4.56. The minimum atomic E-state index is -1.02. The lowest BCUT2D eigenvalue weighted by Crippen LogP contribution is -2.44. The van der Waals surface area contributed by atoms with Crippen LogP contribution in [0.5, 0.6) is 0 Å². The standard InChI is InChI=1S/C24H31N3O4/c1-16-13-20(18(3)27(16)17(2)15-31-5)21(28)14-26-22(29)24(4,25-23(26)30)12-11-19-9-7-6-8-10-19/h6-10,13,17H,11-12,14-15H2,1-5H3,(H,25,30)/t17-,24-/m1/s1. The van der Waals surface area contributed by atoms with Crippen LogP contribution in [0.3, 0.4) is 0 Å². The molecule has 1 aliphatic heterocycles. The number of benzene rings is 1. The van der Waals surface area contributed by atoms with E-state index in [0.29, 0.717) is 25.0 Å². The van der Waals surface area contributed by atoms with E-state index in [-0.39, 0.29) is 24.3 Å². The number of ether oxygens (including phenoxy) is 1. The summed E-state index contributed by atoms with van der Waals surface area (Å²) in [7, 11) is 1.64. The SMILES string of the molecule is COC[C@@H](C)n1c(C)cc(C(=O)CN2C(=O)N[C@](C)(CCc3ccccc3)C2=O)c1C. The first-order valence-electron chi connectivity index (χ1n) is 10.6. The van der Waals surface area contributed by atoms with Crippen molar-refractivity contribution in [3.8, 4) is 0 Å². The first-order chi connectivity index (χ1) is 14.7. The van der Waals surface area contributed by atoms with E-state index in [1.54, 1.807) is 14.0 Å². The zero-order chi connectivity index (χ0) is 22.8. The van der Waals surface area contributed by atoms with E-state index in [0.717, 1.165) is 21.9 Å². The van der Waals surface area contributed by atoms with Crippen molar-refractivity contribution in [2.45, 2.75) is 52.1 Å². The summed E-state index contributed by atoms with van der Waals surface area (Å²) < 4.78 is 7.29. The first kappa shape index (κ1) is 22.7. The van der Waals surface area contributed by atoms with Crippen molar-refractivity contribution < 1.29 is 19.1 Å². The van der Waals surface area contributed by atoms with Crippen LogP contribution < -0.4 is 5.32 Å². The van der Waals surface area contributed by atoms with Gasteiger partial charge >= 0.3 is 6.03 Å². The Morgan fingerprint density at radius 3 is 2.52 bits per heavy atom. The maximum absolute atomic E-state index is 13.0. The van der Waals surface area contributed by atoms with E-state index in [4.69, 9.17) is 4.74 Å². The van der Waals surface area contributed by atoms with Crippen LogP contribution in [0.1, 0.15) is 53.6 Å². The third-order valence-corrected chi connectivity index (χ3v) is 6.04. The van der Waals surface area contributed by atoms with Gasteiger partial charge in [-0.05, 0) is 52.2 Å². The highest BCUT2D eigenvalue weighted by molar-refractivity contribution is 6.11. The summed E-state index contributed by atoms with van der Waals surface area (Å²) in [6.07, 6.45) is 1.12. The summed E-state index contributed by atoms with van der Waals surface area (Å²) >= 11 is 0. The van der Waals surface area contributed by atoms with Gasteiger partial charge in [-0.25, -0.2) is 4.79 Å². The van der Waals surface area contributed by atoms with E-state index in [2.05, 4.69) is 5.32 Å². The largest absolute Gasteiger partial charge is 0.383 e. The van der Waals surface area contributed by atoms with Crippen LogP contribution in [0.25, 0.3) is 0 Å². The van der Waals surface area contributed by atoms with Crippen molar-refractivity contribution in [1.29, 1.82) is 0 Å². The molecule has 2 heterocycles. The molecule has 3 amide bonds. The summed E-state index contributed by atoms with van der Waals surface area (Å²) in [5.41, 5.74) is 2.36. The fraction of sp³-hybridized carbons (Fsp3) is 0.458. The summed E-state index contributed by atoms with van der Waals surface area (Å²) in [4.78, 5) is 39.7. The predicted molar refractivity (Wildman–Crippen MR) is 118 cm³/mol. The van der Waals surface area contributed by atoms with Crippen LogP contribution in [0.4, 0.5) is 4.79 Å². The number of rotatable bonds is 9. The smallest absolute Gasteiger partial charge is 0.325 e. The number of amides is 3. The molecule has 0 radical (unpaired) electrons. The van der Waals surface area contributed by atoms with Crippen LogP contribution >= 0.6 is 0 Å². The van der Waals surface area contributed by atoms with Gasteiger partial charge in [-0.2, -0.15) is 0 Å². The van der Waals surface area contributed by atoms with Gasteiger partial charge < -0.3 is 14.6 Å². The van der Waals surface area contributed by atoms with Crippen LogP contribution in [-0.4, -0.2) is 53.0 Å². The molecular weight excluding hydrogens is 394 g/mol. The maximum atomic E-state index is 13.0. The molecule has 1 aromatic heterocycles. The number of Topliss-reactive ketones (excluding diaryl/α,β-unsaturated/α-hetero) is 1. The monoisotopic (exact) mass is 425 g/mol. The molecule has 7 nitrogen and oxygen atoms in total. The summed E-state index contributed by atoms with van der Waals surface area (Å²) in [5, 5.41) is 2.79. The highest BCUT2D eigenvalue weighted by Crippen LogP contribution is 2.25. The molecule has 0 saturated carbocycles. The lowest BCUT2D eigenvalue weighted by molar-refractivity contribution is -0.130. The van der Waals surface area contributed by atoms with Gasteiger partial charge in [0.05, 0.1) is 19.2 Å². The van der Waals surface area contributed by atoms with Gasteiger partial charge in [0.25, 0.3) is 5.91 Å². The fourth-order valence-electron chi connectivity index (χ4n) is 4.38. The molecule has 31 heavy (non-hydrogen) atoms. The Hall–Kier alpha value is -2.93. The van der Waals surface area contributed by atoms with E-state index < -0.39 is 11.6 Å². The number of nitrogens with one attached hydrogen (secondary N) is 1. The molecule has 2 aromatic rings. The average Bonchev–Trinajstić information content (AvgIpc) is 3.15. The number of imide groups is 1. The van der Waals surface area contributed by atoms with Gasteiger partial charge in [-0.1, -0.05) is 30.3 Å². The topological polar surface area (TPSA) is 80.6 Å². The third-order valence-electron chi connectivity index (χ3n) is 6.04. The minimum absolute atomic E-state index is 0.0737. The lowest BCUT2D eigenvalue weighted by atomic mass is 9.93. The molecule has 1 fully saturated rings. The summed E-state index contributed by atoms with van der Waals surface area (Å²) in [6, 6.07) is 11.2. The summed E-state index contributed by atoms with van der Waals surface area (Å²) in [5.74, 6) is -0.608. The minimum Gasteiger partial charge on any atom is -0.383 e. The highest BCUT2D eigenvalue weighted by Gasteiger charge is 2.48. The number of nitrogens with zero attached hydrogens (tertiary/aromatic N) is 2. The first-order valence-corrected chi connectivity index (χ1v) is 10.6. The molecule has 0 unspecified atom stereocenters. The van der Waals surface area contributed by atoms with Gasteiger partial charge in [-0.15, -0.1) is 0 Å². The van der Waals surface area contributed by atoms with Crippen molar-refractivity contribution in [1.82, 2.24) is 14.8 Å². The highest BCUT2D eigenvalue weighted by atomic mass is 16.5. The maximum Gasteiger partial charge on any atom is 0.325 e. The number of hydrogen-bond donors (Lipinski definition) is 1. The van der Waals surface area contributed by atoms with Crippen molar-refractivity contribution >= 4 is 17.7 Å². The van der Waals surface area contributed by atoms with Crippen molar-refractivity contribution in [3.05, 3.63) is 58.9 Å². The lowest BCUT2D eigenvalue weighted by Gasteiger charge is -2.21. The van der Waals surface area contributed by atoms with E-state index in [1.807, 2.05) is 61.7 Å². The van der Waals surface area contributed by atoms with Crippen LogP contribution in [0.2, 0.25) is 0 Å². The van der Waals surface area contributed by atoms with E-state index >= 15 is 0 Å². The van der Waals surface area contributed by atoms with Crippen molar-refractivity contribution in [2.24, 2.45) is 0 Å². The van der Waals surface area contributed by atoms with Gasteiger partial charge in [-0.3, -0.25) is 14.5 Å². The van der Waals surface area contributed by atoms with Gasteiger partial charge in [0.15, 0.2) is 5.78 Å². The fourth-order valence-corrected chi connectivity index (χ4v) is 4.38. The number of aryl methyl sites for hydroxylation is 2. The molecule has 0 spiro atoms. The number of aromatic nitrogens is 1. The quantitative estimate of drug-likeness (QED) is 0.493. The summed E-state index contributed by atoms with van der Waals surface area (Å²) in [6.45, 7) is 7.81. The Kier molecular flexibility index (Phi) is 6.65. The predicted octanol–water partition coefficient (Wildman–Crippen LogP) is 3.44. The van der Waals surface area contributed by atoms with Gasteiger partial charge in [0.1, 0.15) is 5.54 Å². The second-order valence-electron chi connectivity index (χ2n) is 8.52. The molecular formula is C24H31N3O4. The Morgan fingerprint density at radius 2 is 1.87 bits per heavy atom. The molecule has 1 aliphatic rings. The number of urea groups is 1. The van der Waals surface area contributed by atoms with Crippen molar-refractivity contribution in [3.63, 3.8) is 0 Å².